The molecule has 1 atom stereocenters. The summed E-state index contributed by atoms with van der Waals surface area (Å²) >= 11 is 9.09. The van der Waals surface area contributed by atoms with Gasteiger partial charge in [0.15, 0.2) is 0 Å². The quantitative estimate of drug-likeness (QED) is 0.675. The van der Waals surface area contributed by atoms with Crippen molar-refractivity contribution in [3.8, 4) is 5.75 Å². The number of rotatable bonds is 3. The predicted octanol–water partition coefficient (Wildman–Crippen LogP) is 5.25. The number of alkyl halides is 1. The Bertz CT molecular complexity index is 625. The SMILES string of the molecule is COc1cc(F)c(C(Br)c2ccc(F)cc2Cl)c(F)c1. The topological polar surface area (TPSA) is 9.23 Å². The van der Waals surface area contributed by atoms with E-state index in [2.05, 4.69) is 15.9 Å². The van der Waals surface area contributed by atoms with E-state index in [1.165, 1.54) is 19.2 Å². The van der Waals surface area contributed by atoms with Gasteiger partial charge in [-0.05, 0) is 17.7 Å². The van der Waals surface area contributed by atoms with Gasteiger partial charge in [-0.3, -0.25) is 0 Å². The minimum atomic E-state index is -0.832. The third-order valence-corrected chi connectivity index (χ3v) is 4.06. The first-order valence-corrected chi connectivity index (χ1v) is 6.85. The first kappa shape index (κ1) is 15.2. The number of hydrogen-bond acceptors (Lipinski definition) is 1. The van der Waals surface area contributed by atoms with Gasteiger partial charge in [0.1, 0.15) is 23.2 Å². The fourth-order valence-corrected chi connectivity index (χ4v) is 3.03. The summed E-state index contributed by atoms with van der Waals surface area (Å²) in [6.45, 7) is 0. The van der Waals surface area contributed by atoms with E-state index in [1.54, 1.807) is 0 Å². The number of methoxy groups -OCH3 is 1. The standard InChI is InChI=1S/C14H9BrClF3O/c1-20-8-5-11(18)13(12(19)6-8)14(15)9-3-2-7(17)4-10(9)16/h2-6,14H,1H3. The minimum Gasteiger partial charge on any atom is -0.497 e. The molecule has 1 unspecified atom stereocenters. The van der Waals surface area contributed by atoms with Crippen molar-refractivity contribution in [2.24, 2.45) is 0 Å². The molecule has 2 aromatic rings. The molecule has 0 N–H and O–H groups in total. The fraction of sp³-hybridized carbons (Fsp3) is 0.143. The van der Waals surface area contributed by atoms with E-state index >= 15 is 0 Å². The maximum atomic E-state index is 14.0. The highest BCUT2D eigenvalue weighted by atomic mass is 79.9. The van der Waals surface area contributed by atoms with Crippen LogP contribution in [0.4, 0.5) is 13.2 Å². The number of benzene rings is 2. The van der Waals surface area contributed by atoms with E-state index < -0.39 is 22.3 Å². The summed E-state index contributed by atoms with van der Waals surface area (Å²) in [6, 6.07) is 5.79. The van der Waals surface area contributed by atoms with Crippen molar-refractivity contribution in [1.82, 2.24) is 0 Å². The maximum Gasteiger partial charge on any atom is 0.134 e. The van der Waals surface area contributed by atoms with Gasteiger partial charge in [-0.1, -0.05) is 33.6 Å². The Morgan fingerprint density at radius 1 is 1.10 bits per heavy atom. The molecule has 0 saturated heterocycles. The van der Waals surface area contributed by atoms with Gasteiger partial charge in [0, 0.05) is 22.7 Å². The van der Waals surface area contributed by atoms with Crippen molar-refractivity contribution >= 4 is 27.5 Å². The average molecular weight is 366 g/mol. The zero-order valence-corrected chi connectivity index (χ0v) is 12.6. The third-order valence-electron chi connectivity index (χ3n) is 2.78. The molecule has 106 valence electrons. The Labute approximate surface area is 127 Å². The molecule has 0 amide bonds. The van der Waals surface area contributed by atoms with E-state index in [9.17, 15) is 13.2 Å². The molecule has 0 heterocycles. The molecule has 0 radical (unpaired) electrons. The van der Waals surface area contributed by atoms with Crippen molar-refractivity contribution in [2.45, 2.75) is 4.83 Å². The molecule has 0 saturated carbocycles. The normalized spacial score (nSPS) is 12.3. The molecule has 2 aromatic carbocycles. The van der Waals surface area contributed by atoms with E-state index in [0.717, 1.165) is 18.2 Å². The predicted molar refractivity (Wildman–Crippen MR) is 75.1 cm³/mol. The van der Waals surface area contributed by atoms with Crippen LogP contribution in [0.2, 0.25) is 5.02 Å². The zero-order valence-electron chi connectivity index (χ0n) is 10.3. The first-order chi connectivity index (χ1) is 9.43. The molecule has 6 heteroatoms. The van der Waals surface area contributed by atoms with Crippen molar-refractivity contribution in [3.05, 3.63) is 63.9 Å². The lowest BCUT2D eigenvalue weighted by atomic mass is 10.0. The van der Waals surface area contributed by atoms with Gasteiger partial charge in [-0.2, -0.15) is 0 Å². The summed E-state index contributed by atoms with van der Waals surface area (Å²) in [5.74, 6) is -1.99. The largest absolute Gasteiger partial charge is 0.497 e. The van der Waals surface area contributed by atoms with Crippen molar-refractivity contribution in [3.63, 3.8) is 0 Å². The summed E-state index contributed by atoms with van der Waals surface area (Å²) in [4.78, 5) is -0.832. The molecule has 0 fully saturated rings. The fourth-order valence-electron chi connectivity index (χ4n) is 1.78. The van der Waals surface area contributed by atoms with Crippen LogP contribution in [0.5, 0.6) is 5.75 Å². The zero-order chi connectivity index (χ0) is 14.9. The second-order valence-corrected chi connectivity index (χ2v) is 5.36. The summed E-state index contributed by atoms with van der Waals surface area (Å²) in [5, 5.41) is 0.0847. The lowest BCUT2D eigenvalue weighted by Crippen LogP contribution is -2.02. The molecule has 0 bridgehead atoms. The van der Waals surface area contributed by atoms with Crippen LogP contribution in [-0.4, -0.2) is 7.11 Å². The van der Waals surface area contributed by atoms with Gasteiger partial charge < -0.3 is 4.74 Å². The Balaban J connectivity index is 2.50. The molecule has 0 spiro atoms. The summed E-state index contributed by atoms with van der Waals surface area (Å²) in [7, 11) is 1.32. The van der Waals surface area contributed by atoms with Crippen LogP contribution < -0.4 is 4.74 Å². The molecule has 0 aromatic heterocycles. The van der Waals surface area contributed by atoms with Crippen LogP contribution >= 0.6 is 27.5 Å². The molecule has 2 rings (SSSR count). The van der Waals surface area contributed by atoms with E-state index in [-0.39, 0.29) is 16.3 Å². The summed E-state index contributed by atoms with van der Waals surface area (Å²) < 4.78 is 45.7. The van der Waals surface area contributed by atoms with Gasteiger partial charge in [0.25, 0.3) is 0 Å². The van der Waals surface area contributed by atoms with E-state index in [4.69, 9.17) is 16.3 Å². The molecule has 1 nitrogen and oxygen atoms in total. The smallest absolute Gasteiger partial charge is 0.134 e. The monoisotopic (exact) mass is 364 g/mol. The summed E-state index contributed by atoms with van der Waals surface area (Å²) in [6.07, 6.45) is 0. The Morgan fingerprint density at radius 2 is 1.70 bits per heavy atom. The Kier molecular flexibility index (Phi) is 4.60. The second-order valence-electron chi connectivity index (χ2n) is 4.03. The van der Waals surface area contributed by atoms with Crippen molar-refractivity contribution in [1.29, 1.82) is 0 Å². The second kappa shape index (κ2) is 6.06. The van der Waals surface area contributed by atoms with Crippen LogP contribution in [0, 0.1) is 17.5 Å². The van der Waals surface area contributed by atoms with Crippen LogP contribution in [0.15, 0.2) is 30.3 Å². The number of ether oxygens (including phenoxy) is 1. The van der Waals surface area contributed by atoms with Crippen LogP contribution in [-0.2, 0) is 0 Å². The van der Waals surface area contributed by atoms with Crippen LogP contribution in [0.1, 0.15) is 16.0 Å². The highest BCUT2D eigenvalue weighted by Crippen LogP contribution is 2.39. The molecular weight excluding hydrogens is 357 g/mol. The minimum absolute atomic E-state index is 0.0775. The van der Waals surface area contributed by atoms with Crippen LogP contribution in [0.3, 0.4) is 0 Å². The van der Waals surface area contributed by atoms with Gasteiger partial charge in [0.2, 0.25) is 0 Å². The highest BCUT2D eigenvalue weighted by molar-refractivity contribution is 9.09. The Morgan fingerprint density at radius 3 is 2.20 bits per heavy atom. The van der Waals surface area contributed by atoms with Crippen molar-refractivity contribution < 1.29 is 17.9 Å². The molecule has 20 heavy (non-hydrogen) atoms. The van der Waals surface area contributed by atoms with Crippen LogP contribution in [0.25, 0.3) is 0 Å². The lowest BCUT2D eigenvalue weighted by molar-refractivity contribution is 0.405. The molecule has 0 aliphatic heterocycles. The molecular formula is C14H9BrClF3O. The Hall–Kier alpha value is -1.20. The van der Waals surface area contributed by atoms with E-state index in [1.807, 2.05) is 0 Å². The summed E-state index contributed by atoms with van der Waals surface area (Å²) in [5.41, 5.74) is 0.162. The molecule has 0 aliphatic carbocycles. The van der Waals surface area contributed by atoms with Gasteiger partial charge in [-0.25, -0.2) is 13.2 Å². The van der Waals surface area contributed by atoms with Crippen molar-refractivity contribution in [2.75, 3.05) is 7.11 Å². The van der Waals surface area contributed by atoms with Gasteiger partial charge in [-0.15, -0.1) is 0 Å². The van der Waals surface area contributed by atoms with Gasteiger partial charge >= 0.3 is 0 Å². The van der Waals surface area contributed by atoms with E-state index in [0.29, 0.717) is 5.56 Å². The lowest BCUT2D eigenvalue weighted by Gasteiger charge is -2.15. The van der Waals surface area contributed by atoms with Gasteiger partial charge in [0.05, 0.1) is 11.9 Å². The number of hydrogen-bond donors (Lipinski definition) is 0. The molecule has 0 aliphatic rings. The first-order valence-electron chi connectivity index (χ1n) is 5.56. The average Bonchev–Trinajstić information content (AvgIpc) is 2.37. The number of halogens is 5. The third kappa shape index (κ3) is 2.94. The maximum absolute atomic E-state index is 14.0. The highest BCUT2D eigenvalue weighted by Gasteiger charge is 2.22.